The van der Waals surface area contributed by atoms with Crippen LogP contribution in [0.5, 0.6) is 0 Å². The van der Waals surface area contributed by atoms with Gasteiger partial charge in [-0.3, -0.25) is 9.69 Å². The lowest BCUT2D eigenvalue weighted by molar-refractivity contribution is -0.126. The van der Waals surface area contributed by atoms with Crippen molar-refractivity contribution in [2.75, 3.05) is 6.54 Å². The molecule has 1 amide bonds. The summed E-state index contributed by atoms with van der Waals surface area (Å²) >= 11 is 0. The first-order valence-corrected chi connectivity index (χ1v) is 6.85. The van der Waals surface area contributed by atoms with E-state index in [1.807, 2.05) is 6.92 Å². The maximum Gasteiger partial charge on any atom is 0.237 e. The van der Waals surface area contributed by atoms with Crippen molar-refractivity contribution < 1.29 is 4.79 Å². The minimum atomic E-state index is -0.0149. The normalized spacial score (nSPS) is 21.2. The van der Waals surface area contributed by atoms with Gasteiger partial charge in [-0.15, -0.1) is 0 Å². The second-order valence-corrected chi connectivity index (χ2v) is 5.45. The Morgan fingerprint density at radius 3 is 2.78 bits per heavy atom. The molecule has 1 fully saturated rings. The average molecular weight is 244 g/mol. The lowest BCUT2D eigenvalue weighted by Gasteiger charge is -2.32. The molecule has 3 heteroatoms. The Kier molecular flexibility index (Phi) is 3.08. The number of hydrogen-bond acceptors (Lipinski definition) is 2. The van der Waals surface area contributed by atoms with Gasteiger partial charge in [-0.05, 0) is 37.3 Å². The molecule has 1 aromatic carbocycles. The summed E-state index contributed by atoms with van der Waals surface area (Å²) < 4.78 is 0. The SMILES string of the molecule is C[C@@H](C(=O)NC1CC1)N1CCc2ccccc2C1. The van der Waals surface area contributed by atoms with Crippen LogP contribution in [-0.2, 0) is 17.8 Å². The van der Waals surface area contributed by atoms with Gasteiger partial charge in [-0.1, -0.05) is 24.3 Å². The fourth-order valence-electron chi connectivity index (χ4n) is 2.56. The molecule has 0 saturated heterocycles. The molecule has 0 radical (unpaired) electrons. The lowest BCUT2D eigenvalue weighted by Crippen LogP contribution is -2.47. The van der Waals surface area contributed by atoms with Gasteiger partial charge >= 0.3 is 0 Å². The van der Waals surface area contributed by atoms with E-state index >= 15 is 0 Å². The van der Waals surface area contributed by atoms with Crippen LogP contribution in [0.4, 0.5) is 0 Å². The Labute approximate surface area is 108 Å². The molecule has 1 saturated carbocycles. The second-order valence-electron chi connectivity index (χ2n) is 5.45. The van der Waals surface area contributed by atoms with Crippen molar-refractivity contribution in [3.8, 4) is 0 Å². The van der Waals surface area contributed by atoms with Gasteiger partial charge in [0.25, 0.3) is 0 Å². The van der Waals surface area contributed by atoms with Gasteiger partial charge < -0.3 is 5.32 Å². The minimum absolute atomic E-state index is 0.0149. The highest BCUT2D eigenvalue weighted by atomic mass is 16.2. The van der Waals surface area contributed by atoms with Gasteiger partial charge in [-0.25, -0.2) is 0 Å². The quantitative estimate of drug-likeness (QED) is 0.878. The number of amides is 1. The molecule has 96 valence electrons. The molecule has 2 aliphatic rings. The third-order valence-electron chi connectivity index (χ3n) is 4.01. The van der Waals surface area contributed by atoms with Gasteiger partial charge in [0, 0.05) is 19.1 Å². The van der Waals surface area contributed by atoms with Crippen molar-refractivity contribution in [3.05, 3.63) is 35.4 Å². The molecule has 1 aromatic rings. The third kappa shape index (κ3) is 2.41. The molecule has 1 aliphatic heterocycles. The van der Waals surface area contributed by atoms with Crippen LogP contribution in [0.1, 0.15) is 30.9 Å². The van der Waals surface area contributed by atoms with Crippen molar-refractivity contribution in [2.24, 2.45) is 0 Å². The van der Waals surface area contributed by atoms with Crippen molar-refractivity contribution in [3.63, 3.8) is 0 Å². The number of nitrogens with one attached hydrogen (secondary N) is 1. The Hall–Kier alpha value is -1.35. The highest BCUT2D eigenvalue weighted by molar-refractivity contribution is 5.81. The lowest BCUT2D eigenvalue weighted by atomic mass is 9.99. The summed E-state index contributed by atoms with van der Waals surface area (Å²) in [5.74, 6) is 0.192. The molecule has 0 spiro atoms. The average Bonchev–Trinajstić information content (AvgIpc) is 3.21. The molecule has 1 heterocycles. The van der Waals surface area contributed by atoms with Gasteiger partial charge in [0.05, 0.1) is 6.04 Å². The highest BCUT2D eigenvalue weighted by Gasteiger charge is 2.29. The van der Waals surface area contributed by atoms with Crippen molar-refractivity contribution in [1.82, 2.24) is 10.2 Å². The van der Waals surface area contributed by atoms with Gasteiger partial charge in [0.15, 0.2) is 0 Å². The molecular formula is C15H20N2O. The molecule has 3 rings (SSSR count). The predicted molar refractivity (Wildman–Crippen MR) is 71.2 cm³/mol. The van der Waals surface area contributed by atoms with Crippen molar-refractivity contribution in [1.29, 1.82) is 0 Å². The molecule has 1 atom stereocenters. The summed E-state index contributed by atoms with van der Waals surface area (Å²) in [7, 11) is 0. The molecule has 0 aromatic heterocycles. The van der Waals surface area contributed by atoms with Crippen molar-refractivity contribution in [2.45, 2.75) is 44.8 Å². The number of nitrogens with zero attached hydrogens (tertiary/aromatic N) is 1. The maximum atomic E-state index is 12.1. The number of carbonyl (C=O) groups is 1. The van der Waals surface area contributed by atoms with E-state index in [0.29, 0.717) is 6.04 Å². The molecular weight excluding hydrogens is 224 g/mol. The van der Waals surface area contributed by atoms with Crippen LogP contribution < -0.4 is 5.32 Å². The highest BCUT2D eigenvalue weighted by Crippen LogP contribution is 2.22. The summed E-state index contributed by atoms with van der Waals surface area (Å²) in [5, 5.41) is 3.09. The van der Waals surface area contributed by atoms with E-state index in [1.54, 1.807) is 0 Å². The van der Waals surface area contributed by atoms with Gasteiger partial charge in [0.1, 0.15) is 0 Å². The molecule has 0 bridgehead atoms. The summed E-state index contributed by atoms with van der Waals surface area (Å²) in [4.78, 5) is 14.3. The molecule has 0 unspecified atom stereocenters. The zero-order valence-corrected chi connectivity index (χ0v) is 10.9. The van der Waals surface area contributed by atoms with Crippen LogP contribution in [0, 0.1) is 0 Å². The fourth-order valence-corrected chi connectivity index (χ4v) is 2.56. The van der Waals surface area contributed by atoms with Crippen LogP contribution in [0.15, 0.2) is 24.3 Å². The summed E-state index contributed by atoms with van der Waals surface area (Å²) in [6.45, 7) is 3.90. The Balaban J connectivity index is 1.65. The van der Waals surface area contributed by atoms with E-state index in [1.165, 1.54) is 11.1 Å². The smallest absolute Gasteiger partial charge is 0.237 e. The minimum Gasteiger partial charge on any atom is -0.352 e. The molecule has 3 nitrogen and oxygen atoms in total. The maximum absolute atomic E-state index is 12.1. The Morgan fingerprint density at radius 2 is 2.06 bits per heavy atom. The fraction of sp³-hybridized carbons (Fsp3) is 0.533. The van der Waals surface area contributed by atoms with E-state index < -0.39 is 0 Å². The van der Waals surface area contributed by atoms with Crippen molar-refractivity contribution >= 4 is 5.91 Å². The van der Waals surface area contributed by atoms with Crippen LogP contribution in [-0.4, -0.2) is 29.4 Å². The number of rotatable bonds is 3. The summed E-state index contributed by atoms with van der Waals surface area (Å²) in [6, 6.07) is 8.99. The van der Waals surface area contributed by atoms with Crippen LogP contribution in [0.3, 0.4) is 0 Å². The molecule has 1 aliphatic carbocycles. The first-order valence-electron chi connectivity index (χ1n) is 6.85. The van der Waals surface area contributed by atoms with E-state index in [4.69, 9.17) is 0 Å². The number of fused-ring (bicyclic) bond motifs is 1. The molecule has 18 heavy (non-hydrogen) atoms. The van der Waals surface area contributed by atoms with Crippen LogP contribution in [0.2, 0.25) is 0 Å². The standard InChI is InChI=1S/C15H20N2O/c1-11(15(18)16-14-6-7-14)17-9-8-12-4-2-3-5-13(12)10-17/h2-5,11,14H,6-10H2,1H3,(H,16,18)/t11-/m0/s1. The number of benzene rings is 1. The van der Waals surface area contributed by atoms with Gasteiger partial charge in [0.2, 0.25) is 5.91 Å². The monoisotopic (exact) mass is 244 g/mol. The Morgan fingerprint density at radius 1 is 1.33 bits per heavy atom. The third-order valence-corrected chi connectivity index (χ3v) is 4.01. The Bertz CT molecular complexity index is 454. The second kappa shape index (κ2) is 4.73. The molecule has 1 N–H and O–H groups in total. The predicted octanol–water partition coefficient (Wildman–Crippen LogP) is 1.71. The van der Waals surface area contributed by atoms with E-state index in [0.717, 1.165) is 32.4 Å². The first kappa shape index (κ1) is 11.7. The first-order chi connectivity index (χ1) is 8.74. The van der Waals surface area contributed by atoms with E-state index in [9.17, 15) is 4.79 Å². The zero-order valence-electron chi connectivity index (χ0n) is 10.9. The van der Waals surface area contributed by atoms with Gasteiger partial charge in [-0.2, -0.15) is 0 Å². The van der Waals surface area contributed by atoms with Crippen LogP contribution >= 0.6 is 0 Å². The van der Waals surface area contributed by atoms with E-state index in [-0.39, 0.29) is 11.9 Å². The van der Waals surface area contributed by atoms with Crippen LogP contribution in [0.25, 0.3) is 0 Å². The largest absolute Gasteiger partial charge is 0.352 e. The summed E-state index contributed by atoms with van der Waals surface area (Å²) in [6.07, 6.45) is 3.36. The summed E-state index contributed by atoms with van der Waals surface area (Å²) in [5.41, 5.74) is 2.80. The van der Waals surface area contributed by atoms with E-state index in [2.05, 4.69) is 34.5 Å². The number of hydrogen-bond donors (Lipinski definition) is 1. The topological polar surface area (TPSA) is 32.3 Å². The zero-order chi connectivity index (χ0) is 12.5. The number of carbonyl (C=O) groups excluding carboxylic acids is 1.